The minimum Gasteiger partial charge on any atom is -0.481 e. The predicted molar refractivity (Wildman–Crippen MR) is 254 cm³/mol. The van der Waals surface area contributed by atoms with Gasteiger partial charge >= 0.3 is 17.9 Å². The summed E-state index contributed by atoms with van der Waals surface area (Å²) in [5, 5.41) is 44.6. The molecule has 2 aromatic rings. The van der Waals surface area contributed by atoms with E-state index in [2.05, 4.69) is 31.9 Å². The van der Waals surface area contributed by atoms with Crippen LogP contribution >= 0.6 is 0 Å². The van der Waals surface area contributed by atoms with Crippen molar-refractivity contribution in [3.8, 4) is 11.5 Å². The number of aliphatic carboxylic acids is 3. The number of ketones is 1. The van der Waals surface area contributed by atoms with E-state index >= 15 is 0 Å². The molecule has 3 rings (SSSR count). The van der Waals surface area contributed by atoms with Crippen LogP contribution in [0.4, 0.5) is 0 Å². The van der Waals surface area contributed by atoms with Crippen LogP contribution in [0.15, 0.2) is 54.6 Å². The van der Waals surface area contributed by atoms with Gasteiger partial charge in [0.1, 0.15) is 48.3 Å². The molecule has 0 unspecified atom stereocenters. The number of amides is 8. The molecule has 0 aromatic heterocycles. The molecule has 0 saturated carbocycles. The Labute approximate surface area is 415 Å². The predicted octanol–water partition coefficient (Wildman–Crippen LogP) is 0.234. The lowest BCUT2D eigenvalue weighted by Gasteiger charge is -2.33. The summed E-state index contributed by atoms with van der Waals surface area (Å²) >= 11 is 0. The number of rotatable bonds is 28. The van der Waals surface area contributed by atoms with Crippen LogP contribution in [0.5, 0.6) is 11.5 Å². The van der Waals surface area contributed by atoms with Crippen LogP contribution in [0.25, 0.3) is 0 Å². The van der Waals surface area contributed by atoms with Crippen molar-refractivity contribution in [1.82, 2.24) is 42.1 Å². The van der Waals surface area contributed by atoms with E-state index in [9.17, 15) is 62.6 Å². The summed E-state index contributed by atoms with van der Waals surface area (Å²) < 4.78 is 5.81. The van der Waals surface area contributed by atoms with Crippen molar-refractivity contribution in [2.75, 3.05) is 13.1 Å². The summed E-state index contributed by atoms with van der Waals surface area (Å²) in [6.45, 7) is 7.86. The summed E-state index contributed by atoms with van der Waals surface area (Å²) in [4.78, 5) is 156. The fourth-order valence-electron chi connectivity index (χ4n) is 7.54. The number of para-hydroxylation sites is 1. The zero-order valence-corrected chi connectivity index (χ0v) is 40.9. The molecule has 24 heteroatoms. The smallest absolute Gasteiger partial charge is 0.322 e. The molecule has 1 fully saturated rings. The van der Waals surface area contributed by atoms with Crippen molar-refractivity contribution in [2.24, 2.45) is 11.8 Å². The monoisotopic (exact) mass is 1010 g/mol. The molecule has 1 aliphatic rings. The number of ether oxygens (including phenoxy) is 1. The molecule has 0 radical (unpaired) electrons. The van der Waals surface area contributed by atoms with Gasteiger partial charge in [-0.1, -0.05) is 59.2 Å². The highest BCUT2D eigenvalue weighted by atomic mass is 16.5. The molecular formula is C48H64N8O16. The van der Waals surface area contributed by atoms with E-state index in [1.807, 2.05) is 11.4 Å². The average Bonchev–Trinajstić information content (AvgIpc) is 3.74. The number of hydrogen-bond donors (Lipinski definition) is 10. The number of carboxylic acids is 3. The number of hydrogen-bond acceptors (Lipinski definition) is 13. The molecule has 8 amide bonds. The number of nitrogens with one attached hydrogen (secondary N) is 7. The number of carbonyl (C=O) groups excluding carboxylic acids is 9. The summed E-state index contributed by atoms with van der Waals surface area (Å²) in [5.41, 5.74) is 0.201. The number of carboxylic acid groups (broad SMARTS) is 3. The molecule has 0 spiro atoms. The standard InChI is InChI=1S/C48H64N8O16/c1-7-11-32(41(64)47(70)49-23-38(62)63)52-45(68)35-22-29(51-42(65)28-14-16-31(17-15-28)72-30-12-9-8-10-13-30)24-56(35)48(71)40(26(4)5)55-46(69)39(25(2)3)54-44(67)34(19-21-37(60)61)53-43(66)33(50-27(6)57)18-20-36(58)59/h8-10,12-17,25-26,29,32-35,39-40H,7,11,18-24H2,1-6H3,(H,49,70)(H,50,57)(H,51,65)(H,52,68)(H,53,66)(H,54,67)(H,55,69)(H,58,59)(H,60,61)(H,62,63)/t29-,32+,33+,34+,35+,39+,40+/m1/s1. The highest BCUT2D eigenvalue weighted by molar-refractivity contribution is 6.38. The van der Waals surface area contributed by atoms with Crippen molar-refractivity contribution in [2.45, 2.75) is 129 Å². The number of nitrogens with zero attached hydrogens (tertiary/aromatic N) is 1. The number of Topliss-reactive ketones (excluding diaryl/α,β-unsaturated/α-hetero) is 1. The third kappa shape index (κ3) is 18.4. The second kappa shape index (κ2) is 28.1. The number of likely N-dealkylation sites (tertiary alicyclic amines) is 1. The minimum absolute atomic E-state index is 0.0513. The second-order valence-electron chi connectivity index (χ2n) is 17.8. The Morgan fingerprint density at radius 2 is 1.18 bits per heavy atom. The molecule has 2 aromatic carbocycles. The third-order valence-electron chi connectivity index (χ3n) is 11.2. The molecule has 1 saturated heterocycles. The van der Waals surface area contributed by atoms with Crippen molar-refractivity contribution >= 4 is 70.9 Å². The van der Waals surface area contributed by atoms with Crippen molar-refractivity contribution in [3.63, 3.8) is 0 Å². The van der Waals surface area contributed by atoms with Crippen LogP contribution in [0.3, 0.4) is 0 Å². The van der Waals surface area contributed by atoms with Gasteiger partial charge in [0, 0.05) is 37.9 Å². The zero-order valence-electron chi connectivity index (χ0n) is 40.9. The van der Waals surface area contributed by atoms with Gasteiger partial charge in [-0.15, -0.1) is 0 Å². The quantitative estimate of drug-likeness (QED) is 0.0510. The number of benzene rings is 2. The van der Waals surface area contributed by atoms with Gasteiger partial charge in [0.2, 0.25) is 41.2 Å². The highest BCUT2D eigenvalue weighted by Gasteiger charge is 2.45. The fourth-order valence-corrected chi connectivity index (χ4v) is 7.54. The summed E-state index contributed by atoms with van der Waals surface area (Å²) in [5.74, 6) is -12.8. The van der Waals surface area contributed by atoms with Crippen LogP contribution in [-0.2, 0) is 52.7 Å². The van der Waals surface area contributed by atoms with Gasteiger partial charge < -0.3 is 62.2 Å². The summed E-state index contributed by atoms with van der Waals surface area (Å²) in [7, 11) is 0. The van der Waals surface area contributed by atoms with Gasteiger partial charge in [0.05, 0.1) is 6.04 Å². The zero-order chi connectivity index (χ0) is 53.8. The van der Waals surface area contributed by atoms with E-state index in [0.717, 1.165) is 11.8 Å². The molecule has 10 N–H and O–H groups in total. The highest BCUT2D eigenvalue weighted by Crippen LogP contribution is 2.24. The van der Waals surface area contributed by atoms with Crippen LogP contribution < -0.4 is 42.0 Å². The van der Waals surface area contributed by atoms with E-state index in [-0.39, 0.29) is 37.8 Å². The summed E-state index contributed by atoms with van der Waals surface area (Å²) in [6, 6.07) is 5.45. The summed E-state index contributed by atoms with van der Waals surface area (Å²) in [6.07, 6.45) is -2.00. The van der Waals surface area contributed by atoms with Gasteiger partial charge in [-0.2, -0.15) is 0 Å². The van der Waals surface area contributed by atoms with Crippen LogP contribution in [0.2, 0.25) is 0 Å². The van der Waals surface area contributed by atoms with E-state index in [1.165, 1.54) is 12.1 Å². The van der Waals surface area contributed by atoms with Crippen LogP contribution in [-0.4, -0.2) is 147 Å². The molecule has 72 heavy (non-hydrogen) atoms. The first-order valence-corrected chi connectivity index (χ1v) is 23.3. The molecule has 392 valence electrons. The van der Waals surface area contributed by atoms with E-state index in [0.29, 0.717) is 11.5 Å². The first-order valence-electron chi connectivity index (χ1n) is 23.3. The maximum Gasteiger partial charge on any atom is 0.322 e. The van der Waals surface area contributed by atoms with E-state index < -0.39 is 151 Å². The Kier molecular flexibility index (Phi) is 22.8. The van der Waals surface area contributed by atoms with Crippen LogP contribution in [0, 0.1) is 11.8 Å². The molecule has 1 aliphatic heterocycles. The molecule has 0 aliphatic carbocycles. The Morgan fingerprint density at radius 1 is 0.639 bits per heavy atom. The topological polar surface area (TPSA) is 362 Å². The van der Waals surface area contributed by atoms with Gasteiger partial charge in [0.15, 0.2) is 0 Å². The first-order chi connectivity index (χ1) is 33.9. The minimum atomic E-state index is -1.60. The van der Waals surface area contributed by atoms with Crippen molar-refractivity contribution in [1.29, 1.82) is 0 Å². The first kappa shape index (κ1) is 58.4. The van der Waals surface area contributed by atoms with E-state index in [1.54, 1.807) is 71.0 Å². The molecule has 0 bridgehead atoms. The van der Waals surface area contributed by atoms with Gasteiger partial charge in [0.25, 0.3) is 11.8 Å². The van der Waals surface area contributed by atoms with Crippen molar-refractivity contribution < 1.29 is 77.6 Å². The fraction of sp³-hybridized carbons (Fsp3) is 0.500. The third-order valence-corrected chi connectivity index (χ3v) is 11.2. The maximum atomic E-state index is 14.7. The Morgan fingerprint density at radius 3 is 1.71 bits per heavy atom. The lowest BCUT2D eigenvalue weighted by Crippen LogP contribution is -2.61. The average molecular weight is 1010 g/mol. The Hall–Kier alpha value is -7.92. The van der Waals surface area contributed by atoms with Gasteiger partial charge in [-0.05, 0) is 73.9 Å². The molecule has 1 heterocycles. The Balaban J connectivity index is 1.92. The van der Waals surface area contributed by atoms with Crippen molar-refractivity contribution in [3.05, 3.63) is 60.2 Å². The normalized spacial score (nSPS) is 16.1. The number of carbonyl (C=O) groups is 12. The van der Waals surface area contributed by atoms with Gasteiger partial charge in [-0.3, -0.25) is 57.5 Å². The lowest BCUT2D eigenvalue weighted by molar-refractivity contribution is -0.145. The van der Waals surface area contributed by atoms with Crippen LogP contribution in [0.1, 0.15) is 96.8 Å². The van der Waals surface area contributed by atoms with Gasteiger partial charge in [-0.25, -0.2) is 0 Å². The molecule has 24 nitrogen and oxygen atoms in total. The molecular weight excluding hydrogens is 945 g/mol. The lowest BCUT2D eigenvalue weighted by atomic mass is 9.98. The largest absolute Gasteiger partial charge is 0.481 e. The maximum absolute atomic E-state index is 14.7. The second-order valence-corrected chi connectivity index (χ2v) is 17.8. The Bertz CT molecular complexity index is 2310. The molecule has 7 atom stereocenters. The SMILES string of the molecule is CCC[C@H](NC(=O)[C@@H]1C[C@@H](NC(=O)c2ccc(Oc3ccccc3)cc2)CN1C(=O)[C@@H](NC(=O)[C@@H](NC(=O)[C@H](CCC(=O)O)NC(=O)[C@H](CCC(=O)O)NC(C)=O)C(C)C)C(C)C)C(=O)C(=O)NCC(=O)O. The van der Waals surface area contributed by atoms with E-state index in [4.69, 9.17) is 14.9 Å².